The highest BCUT2D eigenvalue weighted by Gasteiger charge is 2.16. The Morgan fingerprint density at radius 1 is 1.10 bits per heavy atom. The zero-order valence-electron chi connectivity index (χ0n) is 15.9. The summed E-state index contributed by atoms with van der Waals surface area (Å²) in [5.41, 5.74) is 2.43. The molecule has 0 aliphatic carbocycles. The van der Waals surface area contributed by atoms with Crippen LogP contribution >= 0.6 is 34.4 Å². The van der Waals surface area contributed by atoms with E-state index in [-0.39, 0.29) is 11.1 Å². The summed E-state index contributed by atoms with van der Waals surface area (Å²) in [6, 6.07) is 9.35. The van der Waals surface area contributed by atoms with Crippen LogP contribution in [0.2, 0.25) is 0 Å². The molecule has 146 valence electrons. The van der Waals surface area contributed by atoms with Gasteiger partial charge in [-0.05, 0) is 31.5 Å². The minimum absolute atomic E-state index is 0.0349. The first-order valence-corrected chi connectivity index (χ1v) is 11.6. The summed E-state index contributed by atoms with van der Waals surface area (Å²) < 4.78 is 4.25. The summed E-state index contributed by atoms with van der Waals surface area (Å²) in [5.74, 6) is 0.467. The summed E-state index contributed by atoms with van der Waals surface area (Å²) in [6.07, 6.45) is 0. The van der Waals surface area contributed by atoms with Crippen molar-refractivity contribution in [3.05, 3.63) is 67.2 Å². The van der Waals surface area contributed by atoms with Gasteiger partial charge in [-0.2, -0.15) is 0 Å². The summed E-state index contributed by atoms with van der Waals surface area (Å²) in [6.45, 7) is 3.97. The average molecular weight is 441 g/mol. The fourth-order valence-corrected chi connectivity index (χ4v) is 6.31. The second kappa shape index (κ2) is 6.79. The topological polar surface area (TPSA) is 69.3 Å². The number of fused-ring (bicyclic) bond motifs is 4. The van der Waals surface area contributed by atoms with Crippen molar-refractivity contribution < 1.29 is 0 Å². The molecule has 0 aliphatic rings. The Hall–Kier alpha value is -2.49. The molecule has 0 saturated heterocycles. The lowest BCUT2D eigenvalue weighted by Gasteiger charge is -2.07. The van der Waals surface area contributed by atoms with Crippen LogP contribution in [0.25, 0.3) is 25.4 Å². The number of thiazole rings is 1. The van der Waals surface area contributed by atoms with Gasteiger partial charge < -0.3 is 0 Å². The lowest BCUT2D eigenvalue weighted by atomic mass is 10.2. The molecule has 0 unspecified atom stereocenters. The minimum atomic E-state index is -0.0927. The highest BCUT2D eigenvalue weighted by atomic mass is 32.2. The number of thioether (sulfide) groups is 1. The number of benzene rings is 1. The lowest BCUT2D eigenvalue weighted by Crippen LogP contribution is -2.20. The Labute approximate surface area is 177 Å². The van der Waals surface area contributed by atoms with E-state index in [2.05, 4.69) is 9.97 Å². The van der Waals surface area contributed by atoms with Gasteiger partial charge in [-0.15, -0.1) is 11.3 Å². The quantitative estimate of drug-likeness (QED) is 0.312. The Morgan fingerprint density at radius 2 is 1.90 bits per heavy atom. The van der Waals surface area contributed by atoms with Crippen molar-refractivity contribution in [3.8, 4) is 0 Å². The van der Waals surface area contributed by atoms with Gasteiger partial charge in [-0.25, -0.2) is 9.97 Å². The van der Waals surface area contributed by atoms with Crippen molar-refractivity contribution in [1.82, 2.24) is 18.9 Å². The first-order valence-electron chi connectivity index (χ1n) is 8.94. The van der Waals surface area contributed by atoms with Crippen LogP contribution in [0.4, 0.5) is 0 Å². The van der Waals surface area contributed by atoms with Gasteiger partial charge in [0.2, 0.25) is 0 Å². The van der Waals surface area contributed by atoms with E-state index >= 15 is 0 Å². The maximum Gasteiger partial charge on any atom is 0.262 e. The van der Waals surface area contributed by atoms with Crippen LogP contribution in [-0.2, 0) is 12.8 Å². The first-order chi connectivity index (χ1) is 13.9. The van der Waals surface area contributed by atoms with Crippen LogP contribution in [0.5, 0.6) is 0 Å². The summed E-state index contributed by atoms with van der Waals surface area (Å²) in [7, 11) is 1.74. The molecule has 0 saturated carbocycles. The predicted molar refractivity (Wildman–Crippen MR) is 121 cm³/mol. The smallest absolute Gasteiger partial charge is 0.262 e. The Kier molecular flexibility index (Phi) is 4.34. The van der Waals surface area contributed by atoms with Gasteiger partial charge in [0.15, 0.2) is 10.1 Å². The van der Waals surface area contributed by atoms with Crippen molar-refractivity contribution >= 4 is 59.8 Å². The monoisotopic (exact) mass is 440 g/mol. The van der Waals surface area contributed by atoms with Gasteiger partial charge in [-0.3, -0.25) is 18.6 Å². The van der Waals surface area contributed by atoms with Gasteiger partial charge in [-0.1, -0.05) is 35.2 Å². The molecule has 1 aromatic carbocycles. The molecule has 9 heteroatoms. The molecule has 0 fully saturated rings. The molecule has 5 rings (SSSR count). The third-order valence-corrected chi connectivity index (χ3v) is 8.15. The molecule has 0 N–H and O–H groups in total. The maximum absolute atomic E-state index is 12.8. The molecule has 0 radical (unpaired) electrons. The van der Waals surface area contributed by atoms with Crippen LogP contribution in [0.1, 0.15) is 16.1 Å². The van der Waals surface area contributed by atoms with Crippen molar-refractivity contribution in [2.45, 2.75) is 24.8 Å². The molecule has 0 aliphatic heterocycles. The zero-order valence-corrected chi connectivity index (χ0v) is 18.4. The van der Waals surface area contributed by atoms with Crippen LogP contribution in [0.3, 0.4) is 0 Å². The van der Waals surface area contributed by atoms with Crippen LogP contribution < -0.4 is 11.1 Å². The second-order valence-electron chi connectivity index (χ2n) is 6.78. The Balaban J connectivity index is 1.54. The molecule has 0 amide bonds. The Morgan fingerprint density at radius 3 is 2.72 bits per heavy atom. The third-order valence-electron chi connectivity index (χ3n) is 4.97. The Bertz CT molecular complexity index is 1540. The molecule has 5 aromatic rings. The van der Waals surface area contributed by atoms with E-state index in [4.69, 9.17) is 0 Å². The molecule has 4 heterocycles. The average Bonchev–Trinajstić information content (AvgIpc) is 3.21. The van der Waals surface area contributed by atoms with E-state index < -0.39 is 0 Å². The van der Waals surface area contributed by atoms with Crippen molar-refractivity contribution in [2.24, 2.45) is 7.05 Å². The van der Waals surface area contributed by atoms with E-state index in [1.807, 2.05) is 38.1 Å². The van der Waals surface area contributed by atoms with E-state index in [1.54, 1.807) is 22.1 Å². The fourth-order valence-electron chi connectivity index (χ4n) is 3.32. The second-order valence-corrected chi connectivity index (χ2v) is 9.94. The fraction of sp³-hybridized carbons (Fsp3) is 0.200. The van der Waals surface area contributed by atoms with Crippen LogP contribution in [0, 0.1) is 13.8 Å². The molecular formula is C20H16N4O2S3. The molecule has 0 spiro atoms. The normalized spacial score (nSPS) is 11.8. The molecule has 29 heavy (non-hydrogen) atoms. The van der Waals surface area contributed by atoms with Gasteiger partial charge in [0.25, 0.3) is 11.1 Å². The number of nitrogens with zero attached hydrogens (tertiary/aromatic N) is 4. The van der Waals surface area contributed by atoms with Crippen LogP contribution in [-0.4, -0.2) is 18.9 Å². The first kappa shape index (κ1) is 18.5. The van der Waals surface area contributed by atoms with Crippen molar-refractivity contribution in [2.75, 3.05) is 0 Å². The molecule has 0 atom stereocenters. The van der Waals surface area contributed by atoms with E-state index in [0.29, 0.717) is 27.0 Å². The zero-order chi connectivity index (χ0) is 20.3. The van der Waals surface area contributed by atoms with E-state index in [0.717, 1.165) is 25.5 Å². The molecule has 6 nitrogen and oxygen atoms in total. The van der Waals surface area contributed by atoms with E-state index in [9.17, 15) is 9.59 Å². The van der Waals surface area contributed by atoms with Gasteiger partial charge in [0.05, 0.1) is 21.3 Å². The number of hydrogen-bond acceptors (Lipinski definition) is 7. The summed E-state index contributed by atoms with van der Waals surface area (Å²) in [4.78, 5) is 37.3. The van der Waals surface area contributed by atoms with Gasteiger partial charge in [0, 0.05) is 23.7 Å². The standard InChI is InChI=1S/C20H16N4O2S3/c1-10-11(2)28-17-16(10)18(26)23(3)19(22-17)27-9-12-8-15(25)24-13-6-4-5-7-14(13)29-20(24)21-12/h4-8H,9H2,1-3H3. The summed E-state index contributed by atoms with van der Waals surface area (Å²) >= 11 is 4.46. The van der Waals surface area contributed by atoms with Gasteiger partial charge >= 0.3 is 0 Å². The van der Waals surface area contributed by atoms with E-state index in [1.165, 1.54) is 34.4 Å². The largest absolute Gasteiger partial charge is 0.290 e. The van der Waals surface area contributed by atoms with Gasteiger partial charge in [0.1, 0.15) is 4.83 Å². The number of rotatable bonds is 3. The summed E-state index contributed by atoms with van der Waals surface area (Å²) in [5, 5.41) is 1.32. The molecule has 0 bridgehead atoms. The SMILES string of the molecule is Cc1sc2nc(SCc3cc(=O)n4c(n3)sc3ccccc34)n(C)c(=O)c2c1C. The minimum Gasteiger partial charge on any atom is -0.290 e. The molecular weight excluding hydrogens is 424 g/mol. The van der Waals surface area contributed by atoms with Crippen LogP contribution in [0.15, 0.2) is 45.1 Å². The number of hydrogen-bond donors (Lipinski definition) is 0. The molecule has 4 aromatic heterocycles. The highest BCUT2D eigenvalue weighted by Crippen LogP contribution is 2.29. The number of aromatic nitrogens is 4. The van der Waals surface area contributed by atoms with Crippen molar-refractivity contribution in [1.29, 1.82) is 0 Å². The number of thiophene rings is 1. The third kappa shape index (κ3) is 2.92. The maximum atomic E-state index is 12.8. The van der Waals surface area contributed by atoms with Crippen molar-refractivity contribution in [3.63, 3.8) is 0 Å². The predicted octanol–water partition coefficient (Wildman–Crippen LogP) is 4.13. The number of aryl methyl sites for hydroxylation is 2. The lowest BCUT2D eigenvalue weighted by molar-refractivity contribution is 0.727. The number of para-hydroxylation sites is 1. The highest BCUT2D eigenvalue weighted by molar-refractivity contribution is 7.98.